The number of aliphatic carboxylic acids is 1. The smallest absolute Gasteiger partial charge is 0.329 e. The van der Waals surface area contributed by atoms with Crippen LogP contribution in [-0.2, 0) is 4.79 Å². The van der Waals surface area contributed by atoms with Crippen LogP contribution in [0.2, 0.25) is 0 Å². The van der Waals surface area contributed by atoms with E-state index in [2.05, 4.69) is 5.32 Å². The van der Waals surface area contributed by atoms with Gasteiger partial charge in [0, 0.05) is 12.1 Å². The van der Waals surface area contributed by atoms with Crippen LogP contribution in [0.1, 0.15) is 29.6 Å². The van der Waals surface area contributed by atoms with Gasteiger partial charge in [-0.1, -0.05) is 0 Å². The van der Waals surface area contributed by atoms with Crippen LogP contribution in [0.5, 0.6) is 0 Å². The topological polar surface area (TPSA) is 66.4 Å². The maximum absolute atomic E-state index is 13.4. The van der Waals surface area contributed by atoms with Crippen LogP contribution < -0.4 is 5.32 Å². The number of hydrogen-bond acceptors (Lipinski definition) is 2. The van der Waals surface area contributed by atoms with E-state index in [0.29, 0.717) is 18.6 Å². The molecule has 0 aromatic heterocycles. The lowest BCUT2D eigenvalue weighted by Gasteiger charge is -2.38. The van der Waals surface area contributed by atoms with E-state index in [-0.39, 0.29) is 12.8 Å². The van der Waals surface area contributed by atoms with Crippen molar-refractivity contribution in [3.05, 3.63) is 35.1 Å². The van der Waals surface area contributed by atoms with Gasteiger partial charge in [-0.3, -0.25) is 4.79 Å². The summed E-state index contributed by atoms with van der Waals surface area (Å²) in [6.07, 6.45) is 0.984. The second-order valence-electron chi connectivity index (χ2n) is 4.44. The normalized spacial score (nSPS) is 16.6. The van der Waals surface area contributed by atoms with E-state index < -0.39 is 40.4 Å². The molecule has 1 aromatic carbocycles. The minimum Gasteiger partial charge on any atom is -0.480 e. The van der Waals surface area contributed by atoms with Crippen molar-refractivity contribution in [1.29, 1.82) is 0 Å². The van der Waals surface area contributed by atoms with Gasteiger partial charge in [-0.05, 0) is 19.3 Å². The van der Waals surface area contributed by atoms with Gasteiger partial charge in [-0.2, -0.15) is 0 Å². The molecule has 0 spiro atoms. The van der Waals surface area contributed by atoms with E-state index in [9.17, 15) is 22.8 Å². The van der Waals surface area contributed by atoms with Crippen LogP contribution in [0.25, 0.3) is 0 Å². The molecule has 2 rings (SSSR count). The lowest BCUT2D eigenvalue weighted by Crippen LogP contribution is -2.59. The van der Waals surface area contributed by atoms with E-state index in [1.807, 2.05) is 0 Å². The quantitative estimate of drug-likeness (QED) is 0.883. The summed E-state index contributed by atoms with van der Waals surface area (Å²) in [6.45, 7) is 0. The van der Waals surface area contributed by atoms with Crippen molar-refractivity contribution in [2.24, 2.45) is 0 Å². The number of hydrogen-bond donors (Lipinski definition) is 2. The molecule has 4 nitrogen and oxygen atoms in total. The monoisotopic (exact) mass is 273 g/mol. The van der Waals surface area contributed by atoms with Gasteiger partial charge < -0.3 is 10.4 Å². The Morgan fingerprint density at radius 3 is 2.05 bits per heavy atom. The number of carbonyl (C=O) groups excluding carboxylic acids is 1. The predicted molar refractivity (Wildman–Crippen MR) is 58.0 cm³/mol. The highest BCUT2D eigenvalue weighted by atomic mass is 19.1. The molecule has 1 aliphatic rings. The number of carboxylic acid groups (broad SMARTS) is 1. The Morgan fingerprint density at radius 1 is 1.16 bits per heavy atom. The van der Waals surface area contributed by atoms with Crippen molar-refractivity contribution in [2.45, 2.75) is 24.8 Å². The zero-order chi connectivity index (χ0) is 14.2. The molecule has 1 aromatic rings. The van der Waals surface area contributed by atoms with Crippen molar-refractivity contribution < 1.29 is 27.9 Å². The summed E-state index contributed by atoms with van der Waals surface area (Å²) in [5.41, 5.74) is -2.46. The molecule has 0 aliphatic heterocycles. The Labute approximate surface area is 106 Å². The minimum absolute atomic E-state index is 0.193. The molecule has 0 atom stereocenters. The number of nitrogens with one attached hydrogen (secondary N) is 1. The molecule has 1 fully saturated rings. The van der Waals surface area contributed by atoms with Crippen LogP contribution in [0.4, 0.5) is 13.2 Å². The third-order valence-electron chi connectivity index (χ3n) is 3.20. The highest BCUT2D eigenvalue weighted by Gasteiger charge is 2.46. The molecular weight excluding hydrogens is 263 g/mol. The number of amides is 1. The molecule has 0 bridgehead atoms. The first kappa shape index (κ1) is 13.4. The molecule has 0 radical (unpaired) electrons. The van der Waals surface area contributed by atoms with Gasteiger partial charge in [0.05, 0.1) is 0 Å². The van der Waals surface area contributed by atoms with Crippen molar-refractivity contribution in [3.63, 3.8) is 0 Å². The van der Waals surface area contributed by atoms with Crippen LogP contribution >= 0.6 is 0 Å². The summed E-state index contributed by atoms with van der Waals surface area (Å²) in [5.74, 6) is -6.33. The maximum atomic E-state index is 13.4. The van der Waals surface area contributed by atoms with Gasteiger partial charge in [0.1, 0.15) is 28.6 Å². The van der Waals surface area contributed by atoms with E-state index in [1.54, 1.807) is 0 Å². The van der Waals surface area contributed by atoms with E-state index in [0.717, 1.165) is 0 Å². The Balaban J connectivity index is 2.28. The third kappa shape index (κ3) is 2.27. The van der Waals surface area contributed by atoms with Crippen LogP contribution in [-0.4, -0.2) is 22.5 Å². The number of carbonyl (C=O) groups is 2. The Morgan fingerprint density at radius 2 is 1.68 bits per heavy atom. The molecule has 1 saturated carbocycles. The zero-order valence-corrected chi connectivity index (χ0v) is 9.67. The van der Waals surface area contributed by atoms with Crippen molar-refractivity contribution in [1.82, 2.24) is 5.32 Å². The fraction of sp³-hybridized carbons (Fsp3) is 0.333. The Kier molecular flexibility index (Phi) is 3.21. The first-order valence-electron chi connectivity index (χ1n) is 5.56. The summed E-state index contributed by atoms with van der Waals surface area (Å²) in [4.78, 5) is 22.8. The maximum Gasteiger partial charge on any atom is 0.329 e. The number of rotatable bonds is 3. The van der Waals surface area contributed by atoms with E-state index >= 15 is 0 Å². The number of halogens is 3. The zero-order valence-electron chi connectivity index (χ0n) is 9.67. The molecule has 2 N–H and O–H groups in total. The van der Waals surface area contributed by atoms with Crippen molar-refractivity contribution in [3.8, 4) is 0 Å². The summed E-state index contributed by atoms with van der Waals surface area (Å²) in [5, 5.41) is 11.1. The standard InChI is InChI=1S/C12H10F3NO3/c13-6-4-7(14)9(8(15)5-6)10(17)16-12(11(18)19)2-1-3-12/h4-5H,1-3H2,(H,16,17)(H,18,19). The molecule has 7 heteroatoms. The molecule has 19 heavy (non-hydrogen) atoms. The van der Waals surface area contributed by atoms with Gasteiger partial charge in [0.2, 0.25) is 0 Å². The van der Waals surface area contributed by atoms with Gasteiger partial charge >= 0.3 is 5.97 Å². The first-order valence-corrected chi connectivity index (χ1v) is 5.56. The van der Waals surface area contributed by atoms with Crippen molar-refractivity contribution in [2.75, 3.05) is 0 Å². The third-order valence-corrected chi connectivity index (χ3v) is 3.20. The fourth-order valence-corrected chi connectivity index (χ4v) is 1.96. The number of carboxylic acids is 1. The average Bonchev–Trinajstić information content (AvgIpc) is 2.21. The predicted octanol–water partition coefficient (Wildman–Crippen LogP) is 1.84. The van der Waals surface area contributed by atoms with Gasteiger partial charge in [-0.25, -0.2) is 18.0 Å². The van der Waals surface area contributed by atoms with Crippen LogP contribution in [0.3, 0.4) is 0 Å². The summed E-state index contributed by atoms with van der Waals surface area (Å²) in [7, 11) is 0. The molecule has 1 amide bonds. The summed E-state index contributed by atoms with van der Waals surface area (Å²) in [6, 6.07) is 0.735. The highest BCUT2D eigenvalue weighted by molar-refractivity contribution is 5.98. The van der Waals surface area contributed by atoms with E-state index in [4.69, 9.17) is 5.11 Å². The summed E-state index contributed by atoms with van der Waals surface area (Å²) >= 11 is 0. The lowest BCUT2D eigenvalue weighted by molar-refractivity contribution is -0.148. The first-order chi connectivity index (χ1) is 8.85. The molecule has 1 aliphatic carbocycles. The van der Waals surface area contributed by atoms with Crippen LogP contribution in [0, 0.1) is 17.5 Å². The fourth-order valence-electron chi connectivity index (χ4n) is 1.96. The van der Waals surface area contributed by atoms with Gasteiger partial charge in [0.25, 0.3) is 5.91 Å². The molecular formula is C12H10F3NO3. The number of benzene rings is 1. The Hall–Kier alpha value is -2.05. The lowest BCUT2D eigenvalue weighted by atomic mass is 9.76. The molecule has 0 saturated heterocycles. The second kappa shape index (κ2) is 4.56. The van der Waals surface area contributed by atoms with E-state index in [1.165, 1.54) is 0 Å². The van der Waals surface area contributed by atoms with Gasteiger partial charge in [0.15, 0.2) is 0 Å². The summed E-state index contributed by atoms with van der Waals surface area (Å²) < 4.78 is 39.5. The molecule has 102 valence electrons. The average molecular weight is 273 g/mol. The Bertz CT molecular complexity index is 532. The largest absolute Gasteiger partial charge is 0.480 e. The molecule has 0 heterocycles. The minimum atomic E-state index is -1.48. The molecule has 0 unspecified atom stereocenters. The highest BCUT2D eigenvalue weighted by Crippen LogP contribution is 2.32. The van der Waals surface area contributed by atoms with Crippen molar-refractivity contribution >= 4 is 11.9 Å². The second-order valence-corrected chi connectivity index (χ2v) is 4.44. The SMILES string of the molecule is O=C(NC1(C(=O)O)CCC1)c1c(F)cc(F)cc1F. The van der Waals surface area contributed by atoms with Gasteiger partial charge in [-0.15, -0.1) is 0 Å². The van der Waals surface area contributed by atoms with Crippen LogP contribution in [0.15, 0.2) is 12.1 Å².